The molecule has 0 aliphatic heterocycles. The quantitative estimate of drug-likeness (QED) is 0.778. The minimum Gasteiger partial charge on any atom is -0.436 e. The van der Waals surface area contributed by atoms with Gasteiger partial charge in [-0.25, -0.2) is 4.98 Å². The van der Waals surface area contributed by atoms with Gasteiger partial charge in [0.1, 0.15) is 5.52 Å². The predicted molar refractivity (Wildman–Crippen MR) is 94.5 cm³/mol. The Morgan fingerprint density at radius 3 is 2.71 bits per heavy atom. The van der Waals surface area contributed by atoms with E-state index in [0.29, 0.717) is 24.6 Å². The molecule has 0 saturated heterocycles. The zero-order valence-electron chi connectivity index (χ0n) is 13.7. The first kappa shape index (κ1) is 15.4. The van der Waals surface area contributed by atoms with E-state index in [9.17, 15) is 0 Å². The summed E-state index contributed by atoms with van der Waals surface area (Å²) < 4.78 is 11.8. The Morgan fingerprint density at radius 2 is 1.92 bits per heavy atom. The summed E-state index contributed by atoms with van der Waals surface area (Å²) in [6.45, 7) is 0.630. The maximum Gasteiger partial charge on any atom is 0.227 e. The molecule has 1 aromatic heterocycles. The number of para-hydroxylation sites is 2. The van der Waals surface area contributed by atoms with Crippen molar-refractivity contribution in [3.63, 3.8) is 0 Å². The molecule has 1 fully saturated rings. The summed E-state index contributed by atoms with van der Waals surface area (Å²) in [5.41, 5.74) is 9.85. The van der Waals surface area contributed by atoms with Crippen LogP contribution in [0.5, 0.6) is 0 Å². The number of aromatic nitrogens is 1. The number of rotatable bonds is 4. The molecule has 0 radical (unpaired) electrons. The number of fused-ring (bicyclic) bond motifs is 1. The maximum atomic E-state index is 6.01. The third-order valence-corrected chi connectivity index (χ3v) is 4.65. The van der Waals surface area contributed by atoms with Crippen molar-refractivity contribution < 1.29 is 9.15 Å². The number of benzene rings is 2. The lowest BCUT2D eigenvalue weighted by molar-refractivity contribution is 0.0123. The van der Waals surface area contributed by atoms with Crippen LogP contribution in [0.3, 0.4) is 0 Å². The molecule has 4 nitrogen and oxygen atoms in total. The van der Waals surface area contributed by atoms with Crippen LogP contribution in [0.15, 0.2) is 52.9 Å². The van der Waals surface area contributed by atoms with Crippen LogP contribution >= 0.6 is 0 Å². The van der Waals surface area contributed by atoms with Crippen molar-refractivity contribution in [1.82, 2.24) is 4.98 Å². The highest BCUT2D eigenvalue weighted by molar-refractivity contribution is 5.75. The summed E-state index contributed by atoms with van der Waals surface area (Å²) in [5, 5.41) is 0. The molecule has 0 spiro atoms. The molecular weight excluding hydrogens is 300 g/mol. The summed E-state index contributed by atoms with van der Waals surface area (Å²) in [4.78, 5) is 4.53. The highest BCUT2D eigenvalue weighted by atomic mass is 16.5. The topological polar surface area (TPSA) is 61.3 Å². The van der Waals surface area contributed by atoms with Gasteiger partial charge >= 0.3 is 0 Å². The van der Waals surface area contributed by atoms with Gasteiger partial charge in [-0.05, 0) is 55.5 Å². The van der Waals surface area contributed by atoms with Crippen LogP contribution in [0.2, 0.25) is 0 Å². The normalized spacial score (nSPS) is 21.2. The summed E-state index contributed by atoms with van der Waals surface area (Å²) in [6, 6.07) is 16.3. The summed E-state index contributed by atoms with van der Waals surface area (Å²) in [6.07, 6.45) is 4.68. The number of hydrogen-bond donors (Lipinski definition) is 1. The molecule has 2 N–H and O–H groups in total. The maximum absolute atomic E-state index is 6.01. The highest BCUT2D eigenvalue weighted by Crippen LogP contribution is 2.25. The fraction of sp³-hybridized carbons (Fsp3) is 0.350. The van der Waals surface area contributed by atoms with E-state index in [4.69, 9.17) is 14.9 Å². The highest BCUT2D eigenvalue weighted by Gasteiger charge is 2.19. The molecule has 3 aromatic rings. The molecule has 1 aliphatic carbocycles. The van der Waals surface area contributed by atoms with Crippen LogP contribution < -0.4 is 5.73 Å². The number of nitrogens with zero attached hydrogens (tertiary/aromatic N) is 1. The Labute approximate surface area is 141 Å². The van der Waals surface area contributed by atoms with Crippen molar-refractivity contribution >= 4 is 11.1 Å². The minimum absolute atomic E-state index is 0.297. The van der Waals surface area contributed by atoms with Gasteiger partial charge in [-0.3, -0.25) is 0 Å². The molecule has 4 heteroatoms. The third-order valence-electron chi connectivity index (χ3n) is 4.65. The van der Waals surface area contributed by atoms with Gasteiger partial charge in [-0.2, -0.15) is 0 Å². The van der Waals surface area contributed by atoms with Crippen molar-refractivity contribution in [2.75, 3.05) is 0 Å². The average Bonchev–Trinajstić information content (AvgIpc) is 3.05. The van der Waals surface area contributed by atoms with Gasteiger partial charge in [0.15, 0.2) is 5.58 Å². The smallest absolute Gasteiger partial charge is 0.227 e. The molecule has 1 aliphatic rings. The van der Waals surface area contributed by atoms with E-state index < -0.39 is 0 Å². The van der Waals surface area contributed by atoms with Crippen molar-refractivity contribution in [2.24, 2.45) is 5.73 Å². The zero-order valence-corrected chi connectivity index (χ0v) is 13.7. The molecule has 0 amide bonds. The lowest BCUT2D eigenvalue weighted by atomic mass is 9.93. The Hall–Kier alpha value is -2.17. The van der Waals surface area contributed by atoms with Gasteiger partial charge in [0.2, 0.25) is 5.89 Å². The first-order valence-electron chi connectivity index (χ1n) is 8.60. The molecule has 2 atom stereocenters. The third kappa shape index (κ3) is 3.35. The van der Waals surface area contributed by atoms with Crippen molar-refractivity contribution in [2.45, 2.75) is 44.4 Å². The first-order valence-corrected chi connectivity index (χ1v) is 8.60. The van der Waals surface area contributed by atoms with Crippen molar-refractivity contribution in [3.8, 4) is 11.5 Å². The van der Waals surface area contributed by atoms with E-state index in [-0.39, 0.29) is 0 Å². The molecule has 0 bridgehead atoms. The van der Waals surface area contributed by atoms with E-state index in [1.165, 1.54) is 6.42 Å². The molecule has 124 valence electrons. The molecular formula is C20H22N2O2. The van der Waals surface area contributed by atoms with Crippen LogP contribution in [-0.2, 0) is 11.3 Å². The number of oxazole rings is 1. The lowest BCUT2D eigenvalue weighted by Crippen LogP contribution is -2.32. The Bertz CT molecular complexity index is 777. The Kier molecular flexibility index (Phi) is 4.32. The number of nitrogens with two attached hydrogens (primary N) is 1. The van der Waals surface area contributed by atoms with Crippen LogP contribution in [0.4, 0.5) is 0 Å². The summed E-state index contributed by atoms with van der Waals surface area (Å²) >= 11 is 0. The van der Waals surface area contributed by atoms with E-state index >= 15 is 0 Å². The summed E-state index contributed by atoms with van der Waals surface area (Å²) in [7, 11) is 0. The molecule has 1 saturated carbocycles. The lowest BCUT2D eigenvalue weighted by Gasteiger charge is -2.26. The molecule has 2 aromatic carbocycles. The molecule has 0 unspecified atom stereocenters. The largest absolute Gasteiger partial charge is 0.436 e. The van der Waals surface area contributed by atoms with Crippen LogP contribution in [-0.4, -0.2) is 17.1 Å². The predicted octanol–water partition coefficient (Wildman–Crippen LogP) is 4.28. The van der Waals surface area contributed by atoms with E-state index in [1.807, 2.05) is 36.4 Å². The standard InChI is InChI=1S/C20H22N2O2/c21-16-4-3-5-17(12-16)23-13-14-8-10-15(11-9-14)20-22-18-6-1-2-7-19(18)24-20/h1-2,6-11,16-17H,3-5,12-13,21H2/t16-,17+/m0/s1. The van der Waals surface area contributed by atoms with E-state index in [1.54, 1.807) is 0 Å². The number of ether oxygens (including phenoxy) is 1. The van der Waals surface area contributed by atoms with Crippen molar-refractivity contribution in [3.05, 3.63) is 54.1 Å². The van der Waals surface area contributed by atoms with Gasteiger partial charge in [0, 0.05) is 11.6 Å². The fourth-order valence-corrected chi connectivity index (χ4v) is 3.29. The Morgan fingerprint density at radius 1 is 1.08 bits per heavy atom. The van der Waals surface area contributed by atoms with E-state index in [2.05, 4.69) is 17.1 Å². The Balaban J connectivity index is 1.42. The second-order valence-electron chi connectivity index (χ2n) is 6.54. The molecule has 1 heterocycles. The second-order valence-corrected chi connectivity index (χ2v) is 6.54. The molecule has 4 rings (SSSR count). The van der Waals surface area contributed by atoms with Crippen LogP contribution in [0.25, 0.3) is 22.6 Å². The number of hydrogen-bond acceptors (Lipinski definition) is 4. The SMILES string of the molecule is N[C@H]1CCC[C@@H](OCc2ccc(-c3nc4ccccc4o3)cc2)C1. The van der Waals surface area contributed by atoms with Crippen molar-refractivity contribution in [1.29, 1.82) is 0 Å². The first-order chi connectivity index (χ1) is 11.8. The van der Waals surface area contributed by atoms with Gasteiger partial charge in [-0.1, -0.05) is 24.3 Å². The van der Waals surface area contributed by atoms with Gasteiger partial charge in [-0.15, -0.1) is 0 Å². The van der Waals surface area contributed by atoms with Gasteiger partial charge < -0.3 is 14.9 Å². The van der Waals surface area contributed by atoms with Gasteiger partial charge in [0.05, 0.1) is 12.7 Å². The van der Waals surface area contributed by atoms with Crippen LogP contribution in [0, 0.1) is 0 Å². The minimum atomic E-state index is 0.297. The second kappa shape index (κ2) is 6.75. The molecule has 24 heavy (non-hydrogen) atoms. The summed E-state index contributed by atoms with van der Waals surface area (Å²) in [5.74, 6) is 0.655. The average molecular weight is 322 g/mol. The monoisotopic (exact) mass is 322 g/mol. The van der Waals surface area contributed by atoms with Crippen LogP contribution in [0.1, 0.15) is 31.2 Å². The zero-order chi connectivity index (χ0) is 16.4. The van der Waals surface area contributed by atoms with Gasteiger partial charge in [0.25, 0.3) is 0 Å². The fourth-order valence-electron chi connectivity index (χ4n) is 3.29. The van der Waals surface area contributed by atoms with E-state index in [0.717, 1.165) is 41.5 Å².